The van der Waals surface area contributed by atoms with Gasteiger partial charge in [-0.25, -0.2) is 4.39 Å². The SMILES string of the molecule is CC1CCNCCN1Cc1cncc(F)c1. The molecule has 1 aromatic heterocycles. The number of rotatable bonds is 2. The maximum atomic E-state index is 13.0. The molecule has 1 fully saturated rings. The number of halogens is 1. The minimum Gasteiger partial charge on any atom is -0.315 e. The Morgan fingerprint density at radius 2 is 2.38 bits per heavy atom. The van der Waals surface area contributed by atoms with Gasteiger partial charge in [0, 0.05) is 31.9 Å². The van der Waals surface area contributed by atoms with Crippen molar-refractivity contribution in [1.82, 2.24) is 15.2 Å². The first-order chi connectivity index (χ1) is 7.75. The van der Waals surface area contributed by atoms with Crippen LogP contribution < -0.4 is 5.32 Å². The molecule has 1 atom stereocenters. The molecule has 0 aromatic carbocycles. The van der Waals surface area contributed by atoms with E-state index in [1.54, 1.807) is 12.3 Å². The van der Waals surface area contributed by atoms with Gasteiger partial charge in [-0.1, -0.05) is 0 Å². The second kappa shape index (κ2) is 5.37. The third-order valence-electron chi connectivity index (χ3n) is 3.09. The predicted octanol–water partition coefficient (Wildman–Crippen LogP) is 1.40. The third-order valence-corrected chi connectivity index (χ3v) is 3.09. The Morgan fingerprint density at radius 1 is 1.50 bits per heavy atom. The van der Waals surface area contributed by atoms with E-state index in [0.717, 1.165) is 38.2 Å². The molecule has 1 N–H and O–H groups in total. The Kier molecular flexibility index (Phi) is 3.85. The van der Waals surface area contributed by atoms with E-state index in [1.807, 2.05) is 0 Å². The van der Waals surface area contributed by atoms with Crippen molar-refractivity contribution >= 4 is 0 Å². The Hall–Kier alpha value is -1.00. The van der Waals surface area contributed by atoms with Crippen LogP contribution in [-0.2, 0) is 6.54 Å². The monoisotopic (exact) mass is 223 g/mol. The molecule has 0 bridgehead atoms. The molecule has 0 amide bonds. The number of aromatic nitrogens is 1. The van der Waals surface area contributed by atoms with Gasteiger partial charge in [-0.3, -0.25) is 9.88 Å². The molecule has 1 unspecified atom stereocenters. The fourth-order valence-electron chi connectivity index (χ4n) is 2.07. The fourth-order valence-corrected chi connectivity index (χ4v) is 2.07. The van der Waals surface area contributed by atoms with Crippen LogP contribution >= 0.6 is 0 Å². The van der Waals surface area contributed by atoms with Gasteiger partial charge in [-0.2, -0.15) is 0 Å². The van der Waals surface area contributed by atoms with Crippen LogP contribution in [0.2, 0.25) is 0 Å². The summed E-state index contributed by atoms with van der Waals surface area (Å²) in [4.78, 5) is 6.25. The highest BCUT2D eigenvalue weighted by Crippen LogP contribution is 2.11. The van der Waals surface area contributed by atoms with Crippen molar-refractivity contribution in [3.8, 4) is 0 Å². The van der Waals surface area contributed by atoms with Crippen LogP contribution in [0.25, 0.3) is 0 Å². The van der Waals surface area contributed by atoms with Gasteiger partial charge in [0.05, 0.1) is 6.20 Å². The van der Waals surface area contributed by atoms with Gasteiger partial charge in [-0.05, 0) is 31.5 Å². The molecule has 1 aliphatic heterocycles. The van der Waals surface area contributed by atoms with Gasteiger partial charge in [0.15, 0.2) is 0 Å². The lowest BCUT2D eigenvalue weighted by molar-refractivity contribution is 0.211. The van der Waals surface area contributed by atoms with Crippen molar-refractivity contribution in [1.29, 1.82) is 0 Å². The second-order valence-electron chi connectivity index (χ2n) is 4.37. The van der Waals surface area contributed by atoms with Gasteiger partial charge in [0.2, 0.25) is 0 Å². The maximum Gasteiger partial charge on any atom is 0.141 e. The molecule has 3 nitrogen and oxygen atoms in total. The molecule has 1 saturated heterocycles. The molecule has 0 saturated carbocycles. The van der Waals surface area contributed by atoms with E-state index in [4.69, 9.17) is 0 Å². The van der Waals surface area contributed by atoms with Crippen molar-refractivity contribution in [2.45, 2.75) is 25.9 Å². The lowest BCUT2D eigenvalue weighted by atomic mass is 10.2. The molecule has 1 aliphatic rings. The topological polar surface area (TPSA) is 28.2 Å². The Balaban J connectivity index is 2.02. The summed E-state index contributed by atoms with van der Waals surface area (Å²) in [5.41, 5.74) is 0.953. The first-order valence-corrected chi connectivity index (χ1v) is 5.80. The molecule has 0 radical (unpaired) electrons. The summed E-state index contributed by atoms with van der Waals surface area (Å²) in [5.74, 6) is -0.252. The number of nitrogens with zero attached hydrogens (tertiary/aromatic N) is 2. The first kappa shape index (κ1) is 11.5. The van der Waals surface area contributed by atoms with Crippen LogP contribution in [0.4, 0.5) is 4.39 Å². The lowest BCUT2D eigenvalue weighted by Crippen LogP contribution is -2.33. The highest BCUT2D eigenvalue weighted by molar-refractivity contribution is 5.10. The number of hydrogen-bond donors (Lipinski definition) is 1. The quantitative estimate of drug-likeness (QED) is 0.821. The van der Waals surface area contributed by atoms with Crippen LogP contribution in [-0.4, -0.2) is 35.6 Å². The maximum absolute atomic E-state index is 13.0. The van der Waals surface area contributed by atoms with Gasteiger partial charge in [0.1, 0.15) is 5.82 Å². The Morgan fingerprint density at radius 3 is 3.19 bits per heavy atom. The summed E-state index contributed by atoms with van der Waals surface area (Å²) in [5, 5.41) is 3.37. The van der Waals surface area contributed by atoms with Crippen molar-refractivity contribution in [3.63, 3.8) is 0 Å². The smallest absolute Gasteiger partial charge is 0.141 e. The van der Waals surface area contributed by atoms with Crippen LogP contribution in [0, 0.1) is 5.82 Å². The van der Waals surface area contributed by atoms with Gasteiger partial charge in [-0.15, -0.1) is 0 Å². The van der Waals surface area contributed by atoms with Gasteiger partial charge < -0.3 is 5.32 Å². The molecule has 2 heterocycles. The summed E-state index contributed by atoms with van der Waals surface area (Å²) in [6.45, 7) is 6.09. The average molecular weight is 223 g/mol. The fraction of sp³-hybridized carbons (Fsp3) is 0.583. The van der Waals surface area contributed by atoms with Crippen molar-refractivity contribution in [3.05, 3.63) is 29.8 Å². The molecular formula is C12H18FN3. The normalized spacial score (nSPS) is 23.0. The largest absolute Gasteiger partial charge is 0.315 e. The van der Waals surface area contributed by atoms with Crippen LogP contribution in [0.15, 0.2) is 18.5 Å². The Bertz CT molecular complexity index is 343. The zero-order chi connectivity index (χ0) is 11.4. The van der Waals surface area contributed by atoms with E-state index in [1.165, 1.54) is 6.20 Å². The van der Waals surface area contributed by atoms with E-state index in [9.17, 15) is 4.39 Å². The summed E-state index contributed by atoms with van der Waals surface area (Å²) >= 11 is 0. The first-order valence-electron chi connectivity index (χ1n) is 5.80. The van der Waals surface area contributed by atoms with Crippen molar-refractivity contribution < 1.29 is 4.39 Å². The second-order valence-corrected chi connectivity index (χ2v) is 4.37. The predicted molar refractivity (Wildman–Crippen MR) is 61.6 cm³/mol. The van der Waals surface area contributed by atoms with Gasteiger partial charge >= 0.3 is 0 Å². The minimum absolute atomic E-state index is 0.252. The molecule has 4 heteroatoms. The number of hydrogen-bond acceptors (Lipinski definition) is 3. The van der Waals surface area contributed by atoms with E-state index < -0.39 is 0 Å². The van der Waals surface area contributed by atoms with Crippen LogP contribution in [0.5, 0.6) is 0 Å². The lowest BCUT2D eigenvalue weighted by Gasteiger charge is -2.26. The third kappa shape index (κ3) is 3.00. The molecule has 2 rings (SSSR count). The van der Waals surface area contributed by atoms with Crippen LogP contribution in [0.3, 0.4) is 0 Å². The minimum atomic E-state index is -0.252. The Labute approximate surface area is 95.7 Å². The van der Waals surface area contributed by atoms with Crippen molar-refractivity contribution in [2.24, 2.45) is 0 Å². The summed E-state index contributed by atoms with van der Waals surface area (Å²) in [6, 6.07) is 2.11. The average Bonchev–Trinajstić information content (AvgIpc) is 2.45. The summed E-state index contributed by atoms with van der Waals surface area (Å²) < 4.78 is 13.0. The number of nitrogens with one attached hydrogen (secondary N) is 1. The summed E-state index contributed by atoms with van der Waals surface area (Å²) in [6.07, 6.45) is 4.13. The van der Waals surface area contributed by atoms with E-state index in [2.05, 4.69) is 22.1 Å². The highest BCUT2D eigenvalue weighted by Gasteiger charge is 2.16. The molecule has 88 valence electrons. The standard InChI is InChI=1S/C12H18FN3/c1-10-2-3-14-4-5-16(10)9-11-6-12(13)8-15-7-11/h6-8,10,14H,2-5,9H2,1H3. The molecule has 1 aromatic rings. The van der Waals surface area contributed by atoms with Gasteiger partial charge in [0.25, 0.3) is 0 Å². The van der Waals surface area contributed by atoms with E-state index in [-0.39, 0.29) is 5.82 Å². The number of pyridine rings is 1. The van der Waals surface area contributed by atoms with Crippen molar-refractivity contribution in [2.75, 3.05) is 19.6 Å². The molecular weight excluding hydrogens is 205 g/mol. The van der Waals surface area contributed by atoms with E-state index >= 15 is 0 Å². The zero-order valence-electron chi connectivity index (χ0n) is 9.62. The molecule has 0 spiro atoms. The molecule has 0 aliphatic carbocycles. The molecule has 16 heavy (non-hydrogen) atoms. The summed E-state index contributed by atoms with van der Waals surface area (Å²) in [7, 11) is 0. The zero-order valence-corrected chi connectivity index (χ0v) is 9.62. The van der Waals surface area contributed by atoms with Crippen LogP contribution in [0.1, 0.15) is 18.9 Å². The highest BCUT2D eigenvalue weighted by atomic mass is 19.1. The van der Waals surface area contributed by atoms with E-state index in [0.29, 0.717) is 6.04 Å².